The van der Waals surface area contributed by atoms with Crippen LogP contribution in [0.25, 0.3) is 0 Å². The molecule has 0 aromatic heterocycles. The second kappa shape index (κ2) is 29.6. The Balaban J connectivity index is -0.0000000778. The Labute approximate surface area is 119 Å². The molecule has 0 saturated carbocycles. The van der Waals surface area contributed by atoms with Crippen molar-refractivity contribution in [2.45, 2.75) is 33.1 Å². The summed E-state index contributed by atoms with van der Waals surface area (Å²) < 4.78 is 0. The topological polar surface area (TPSA) is 96.2 Å². The van der Waals surface area contributed by atoms with Crippen molar-refractivity contribution < 1.29 is 26.2 Å². The van der Waals surface area contributed by atoms with E-state index in [1.165, 1.54) is 6.92 Å². The molecule has 0 aliphatic carbocycles. The van der Waals surface area contributed by atoms with E-state index in [1.54, 1.807) is 0 Å². The van der Waals surface area contributed by atoms with Gasteiger partial charge in [0.25, 0.3) is 0 Å². The summed E-state index contributed by atoms with van der Waals surface area (Å²) in [6.07, 6.45) is 4.98. The van der Waals surface area contributed by atoms with E-state index in [-0.39, 0.29) is 27.2 Å². The third kappa shape index (κ3) is 66.3. The van der Waals surface area contributed by atoms with E-state index >= 15 is 0 Å². The summed E-state index contributed by atoms with van der Waals surface area (Å²) in [5.41, 5.74) is 0. The molecule has 0 aliphatic heterocycles. The maximum atomic E-state index is 10.1. The number of allylic oxidation sites excluding steroid dienone is 2. The van der Waals surface area contributed by atoms with Gasteiger partial charge in [-0.15, -0.1) is 0 Å². The molecule has 0 aliphatic rings. The van der Waals surface area contributed by atoms with E-state index in [4.69, 9.17) is 29.6 Å². The summed E-state index contributed by atoms with van der Waals surface area (Å²) in [6.45, 7) is 3.38. The van der Waals surface area contributed by atoms with Crippen molar-refractivity contribution in [2.75, 3.05) is 0 Å². The van der Waals surface area contributed by atoms with E-state index < -0.39 is 0 Å². The van der Waals surface area contributed by atoms with Crippen LogP contribution in [0.3, 0.4) is 0 Å². The number of halogens is 2. The van der Waals surface area contributed by atoms with Crippen LogP contribution in [-0.2, 0) is 20.7 Å². The number of ketones is 1. The molecule has 0 heterocycles. The summed E-state index contributed by atoms with van der Waals surface area (Å²) in [6, 6.07) is 3.86. The molecule has 0 aromatic carbocycles. The number of hydrogen-bond donors (Lipinski definition) is 0. The molecule has 0 spiro atoms. The average Bonchev–Trinajstić information content (AvgIpc) is 2.25. The van der Waals surface area contributed by atoms with Gasteiger partial charge in [-0.3, -0.25) is 4.79 Å². The van der Waals surface area contributed by atoms with Crippen LogP contribution in [0.5, 0.6) is 0 Å². The minimum absolute atomic E-state index is 0. The van der Waals surface area contributed by atoms with Gasteiger partial charge in [-0.25, -0.2) is 0 Å². The molecule has 0 saturated heterocycles. The van der Waals surface area contributed by atoms with Crippen molar-refractivity contribution in [3.05, 3.63) is 12.2 Å². The van der Waals surface area contributed by atoms with Crippen LogP contribution < -0.4 is 0 Å². The fourth-order valence-corrected chi connectivity index (χ4v) is 0.402. The minimum atomic E-state index is -0.106. The standard InChI is InChI=1S/C5H7NO.C5H7N.2ClH.H2O.Pd/c1-5(7)3-2-4-6;1-2-3-4-5-6;;;;/h2-3H2,1H3;2-3H,4H2,1H3;2*1H;1H2;/q;;;;;+2/p-2/b;3-2+;;;;. The number of nitrogens with zero attached hydrogens (tertiary/aromatic N) is 2. The second-order valence-electron chi connectivity index (χ2n) is 2.34. The summed E-state index contributed by atoms with van der Waals surface area (Å²) >= 11 is -0.106. The Morgan fingerprint density at radius 1 is 1.35 bits per heavy atom. The molecular formula is C10H16Cl2N2O2Pd. The molecule has 0 fully saturated rings. The van der Waals surface area contributed by atoms with E-state index in [0.29, 0.717) is 19.3 Å². The van der Waals surface area contributed by atoms with Gasteiger partial charge in [0.15, 0.2) is 0 Å². The molecular weight excluding hydrogens is 357 g/mol. The maximum absolute atomic E-state index is 10.1. The Morgan fingerprint density at radius 2 is 1.82 bits per heavy atom. The molecule has 2 N–H and O–H groups in total. The first-order valence-electron chi connectivity index (χ1n) is 4.27. The molecule has 0 atom stereocenters. The molecule has 0 amide bonds. The molecule has 7 heteroatoms. The average molecular weight is 374 g/mol. The Bertz CT molecular complexity index is 260. The van der Waals surface area contributed by atoms with Gasteiger partial charge in [-0.1, -0.05) is 12.2 Å². The van der Waals surface area contributed by atoms with Crippen LogP contribution in [0.15, 0.2) is 12.2 Å². The van der Waals surface area contributed by atoms with E-state index in [0.717, 1.165) is 0 Å². The van der Waals surface area contributed by atoms with Crippen LogP contribution in [0.2, 0.25) is 0 Å². The monoisotopic (exact) mass is 372 g/mol. The van der Waals surface area contributed by atoms with Gasteiger partial charge >= 0.3 is 35.0 Å². The Morgan fingerprint density at radius 3 is 1.94 bits per heavy atom. The zero-order valence-electron chi connectivity index (χ0n) is 9.65. The molecule has 0 radical (unpaired) electrons. The number of hydrogen-bond acceptors (Lipinski definition) is 3. The van der Waals surface area contributed by atoms with Gasteiger partial charge in [0.05, 0.1) is 18.6 Å². The third-order valence-corrected chi connectivity index (χ3v) is 1.03. The molecule has 0 aromatic rings. The molecule has 0 unspecified atom stereocenters. The van der Waals surface area contributed by atoms with Gasteiger partial charge in [-0.2, -0.15) is 10.5 Å². The first kappa shape index (κ1) is 25.4. The molecule has 17 heavy (non-hydrogen) atoms. The van der Waals surface area contributed by atoms with E-state index in [2.05, 4.69) is 0 Å². The van der Waals surface area contributed by atoms with Crippen molar-refractivity contribution in [1.82, 2.24) is 0 Å². The number of carbonyl (C=O) groups excluding carboxylic acids is 1. The number of rotatable bonds is 3. The van der Waals surface area contributed by atoms with Crippen LogP contribution in [-0.4, -0.2) is 11.3 Å². The molecule has 0 rings (SSSR count). The van der Waals surface area contributed by atoms with E-state index in [1.807, 2.05) is 31.2 Å². The normalized spacial score (nSPS) is 7.41. The van der Waals surface area contributed by atoms with Crippen molar-refractivity contribution in [2.24, 2.45) is 0 Å². The van der Waals surface area contributed by atoms with Crippen molar-refractivity contribution in [3.63, 3.8) is 0 Å². The summed E-state index contributed by atoms with van der Waals surface area (Å²) in [7, 11) is 9.63. The first-order valence-corrected chi connectivity index (χ1v) is 8.27. The van der Waals surface area contributed by atoms with Crippen molar-refractivity contribution >= 4 is 24.8 Å². The van der Waals surface area contributed by atoms with Gasteiger partial charge in [0, 0.05) is 12.8 Å². The van der Waals surface area contributed by atoms with Gasteiger partial charge in [-0.05, 0) is 13.8 Å². The number of Topliss-reactive ketones (excluding diaryl/α,β-unsaturated/α-hetero) is 1. The predicted molar refractivity (Wildman–Crippen MR) is 65.9 cm³/mol. The summed E-state index contributed by atoms with van der Waals surface area (Å²) in [5.74, 6) is 0.0848. The van der Waals surface area contributed by atoms with Gasteiger partial charge < -0.3 is 5.48 Å². The van der Waals surface area contributed by atoms with Crippen LogP contribution >= 0.6 is 19.1 Å². The Hall–Kier alpha value is -0.408. The fourth-order valence-electron chi connectivity index (χ4n) is 0.402. The zero-order chi connectivity index (χ0) is 13.2. The third-order valence-electron chi connectivity index (χ3n) is 1.03. The van der Waals surface area contributed by atoms with Crippen LogP contribution in [0.1, 0.15) is 33.1 Å². The number of carbonyl (C=O) groups is 1. The molecule has 102 valence electrons. The zero-order valence-corrected chi connectivity index (χ0v) is 12.7. The Kier molecular flexibility index (Phi) is 44.3. The molecule has 4 nitrogen and oxygen atoms in total. The fraction of sp³-hybridized carbons (Fsp3) is 0.500. The quantitative estimate of drug-likeness (QED) is 0.562. The van der Waals surface area contributed by atoms with Crippen molar-refractivity contribution in [3.8, 4) is 12.1 Å². The second-order valence-corrected chi connectivity index (χ2v) is 4.70. The summed E-state index contributed by atoms with van der Waals surface area (Å²) in [5, 5.41) is 15.8. The number of nitriles is 2. The van der Waals surface area contributed by atoms with Gasteiger partial charge in [0.1, 0.15) is 5.78 Å². The molecule has 0 bridgehead atoms. The SMILES string of the molecule is C/C=C/CC#N.CC(=O)CCC#N.O.[Cl][Pd][Cl]. The summed E-state index contributed by atoms with van der Waals surface area (Å²) in [4.78, 5) is 10.1. The predicted octanol–water partition coefficient (Wildman–Crippen LogP) is 2.91. The van der Waals surface area contributed by atoms with Gasteiger partial charge in [0.2, 0.25) is 0 Å². The van der Waals surface area contributed by atoms with E-state index in [9.17, 15) is 4.79 Å². The van der Waals surface area contributed by atoms with Crippen LogP contribution in [0, 0.1) is 22.7 Å². The van der Waals surface area contributed by atoms with Crippen molar-refractivity contribution in [1.29, 1.82) is 10.5 Å². The van der Waals surface area contributed by atoms with Crippen LogP contribution in [0.4, 0.5) is 0 Å². The first-order chi connectivity index (χ1) is 7.60.